The molecule has 0 spiro atoms. The molecule has 1 rings (SSSR count). The first-order valence-electron chi connectivity index (χ1n) is 23.1. The molecule has 0 aromatic heterocycles. The zero-order valence-corrected chi connectivity index (χ0v) is 45.2. The molecule has 1 nitrogen and oxygen atoms in total. The molecule has 1 fully saturated rings. The third-order valence-electron chi connectivity index (χ3n) is 11.7. The second-order valence-electron chi connectivity index (χ2n) is 21.9. The van der Waals surface area contributed by atoms with Gasteiger partial charge in [0, 0.05) is 16.8 Å². The standard InChI is InChI=1S/C31H65NS2.C14H26.C4H8.2C2H6/c1-13-15-22-33(9,10)26-34(11,12)30(6,7)21-19-17-16-18-20-27(3)32-28-23-29(4,5)25-31(8,14-2)24-28;1-11(2)12(3)14(7,8)10-9-13(4,5)6;1-4(2)3;2*1-2/h28,32H,3,13-26H2,1-2,4-12H3;1,3,9-10H2,2,4-8H3;1H2,2-3H3;2*1-2H3. The van der Waals surface area contributed by atoms with E-state index in [1.165, 1.54) is 111 Å². The molecule has 1 aliphatic rings. The van der Waals surface area contributed by atoms with Crippen LogP contribution in [0.15, 0.2) is 48.7 Å². The van der Waals surface area contributed by atoms with Crippen molar-refractivity contribution in [2.24, 2.45) is 21.7 Å². The van der Waals surface area contributed by atoms with Crippen LogP contribution in [0, 0.1) is 21.7 Å². The Hall–Kier alpha value is -0.540. The van der Waals surface area contributed by atoms with Crippen molar-refractivity contribution in [3.05, 3.63) is 48.7 Å². The van der Waals surface area contributed by atoms with Gasteiger partial charge in [-0.3, -0.25) is 0 Å². The predicted octanol–water partition coefficient (Wildman–Crippen LogP) is 18.7. The molecule has 1 saturated carbocycles. The van der Waals surface area contributed by atoms with Crippen LogP contribution < -0.4 is 5.32 Å². The molecule has 340 valence electrons. The zero-order valence-electron chi connectivity index (χ0n) is 43.5. The van der Waals surface area contributed by atoms with Gasteiger partial charge in [0.25, 0.3) is 0 Å². The van der Waals surface area contributed by atoms with E-state index < -0.39 is 20.1 Å². The summed E-state index contributed by atoms with van der Waals surface area (Å²) in [5.74, 6) is 1.46. The second kappa shape index (κ2) is 28.8. The van der Waals surface area contributed by atoms with Crippen molar-refractivity contribution in [2.45, 2.75) is 232 Å². The van der Waals surface area contributed by atoms with Crippen molar-refractivity contribution in [1.82, 2.24) is 5.32 Å². The normalized spacial score (nSPS) is 18.8. The fourth-order valence-corrected chi connectivity index (χ4v) is 17.7. The summed E-state index contributed by atoms with van der Waals surface area (Å²) < 4.78 is 0.494. The maximum atomic E-state index is 4.41. The molecule has 0 heterocycles. The smallest absolute Gasteiger partial charge is 0.0268 e. The third kappa shape index (κ3) is 30.5. The lowest BCUT2D eigenvalue weighted by Crippen LogP contribution is -2.44. The Morgan fingerprint density at radius 3 is 1.61 bits per heavy atom. The van der Waals surface area contributed by atoms with Crippen LogP contribution in [0.4, 0.5) is 0 Å². The largest absolute Gasteiger partial charge is 0.386 e. The quantitative estimate of drug-likeness (QED) is 0.0732. The fourth-order valence-electron chi connectivity index (χ4n) is 7.85. The summed E-state index contributed by atoms with van der Waals surface area (Å²) in [6.45, 7) is 58.7. The molecular weight excluding hydrogens is 715 g/mol. The molecule has 1 N–H and O–H groups in total. The van der Waals surface area contributed by atoms with Gasteiger partial charge in [0.1, 0.15) is 0 Å². The van der Waals surface area contributed by atoms with E-state index in [0.717, 1.165) is 12.0 Å². The van der Waals surface area contributed by atoms with Gasteiger partial charge in [-0.05, 0) is 141 Å². The molecule has 0 radical (unpaired) electrons. The Morgan fingerprint density at radius 2 is 1.18 bits per heavy atom. The van der Waals surface area contributed by atoms with Crippen molar-refractivity contribution in [2.75, 3.05) is 35.9 Å². The van der Waals surface area contributed by atoms with Crippen LogP contribution >= 0.6 is 20.1 Å². The Bertz CT molecular complexity index is 1080. The van der Waals surface area contributed by atoms with E-state index in [4.69, 9.17) is 0 Å². The van der Waals surface area contributed by atoms with Crippen LogP contribution in [0.3, 0.4) is 0 Å². The minimum Gasteiger partial charge on any atom is -0.386 e. The molecule has 0 aromatic rings. The maximum absolute atomic E-state index is 4.41. The van der Waals surface area contributed by atoms with Crippen LogP contribution in [0.25, 0.3) is 0 Å². The highest BCUT2D eigenvalue weighted by Gasteiger charge is 2.40. The highest BCUT2D eigenvalue weighted by Crippen LogP contribution is 2.63. The van der Waals surface area contributed by atoms with Crippen LogP contribution in [0.5, 0.6) is 0 Å². The molecular formula is C53H111NS2. The Kier molecular flexibility index (Phi) is 32.0. The number of rotatable bonds is 20. The van der Waals surface area contributed by atoms with E-state index in [9.17, 15) is 0 Å². The van der Waals surface area contributed by atoms with E-state index in [1.54, 1.807) is 0 Å². The SMILES string of the molecule is C=C(C)C.C=C(C)C(=C)C(C)(C)CCC(C)(C)C.C=C(CCCCCCC(C)(C)S(C)(C)CS(C)(C)CCCC)NC1CC(C)(C)CC(C)(CC)C1.CC.CC. The van der Waals surface area contributed by atoms with Crippen LogP contribution in [-0.4, -0.2) is 46.6 Å². The van der Waals surface area contributed by atoms with Crippen molar-refractivity contribution in [1.29, 1.82) is 0 Å². The van der Waals surface area contributed by atoms with Gasteiger partial charge in [-0.25, -0.2) is 20.1 Å². The van der Waals surface area contributed by atoms with Crippen molar-refractivity contribution < 1.29 is 0 Å². The minimum atomic E-state index is -0.579. The molecule has 0 bridgehead atoms. The zero-order chi connectivity index (χ0) is 45.4. The van der Waals surface area contributed by atoms with Gasteiger partial charge < -0.3 is 5.32 Å². The predicted molar refractivity (Wildman–Crippen MR) is 277 cm³/mol. The summed E-state index contributed by atoms with van der Waals surface area (Å²) in [6, 6.07) is 0.607. The number of allylic oxidation sites excluding steroid dienone is 4. The fraction of sp³-hybridized carbons (Fsp3) is 0.849. The van der Waals surface area contributed by atoms with Crippen molar-refractivity contribution in [3.63, 3.8) is 0 Å². The van der Waals surface area contributed by atoms with Crippen molar-refractivity contribution in [3.8, 4) is 0 Å². The molecule has 0 saturated heterocycles. The Morgan fingerprint density at radius 1 is 0.696 bits per heavy atom. The molecule has 1 aliphatic carbocycles. The van der Waals surface area contributed by atoms with Crippen LogP contribution in [0.2, 0.25) is 0 Å². The van der Waals surface area contributed by atoms with Gasteiger partial charge in [0.15, 0.2) is 0 Å². The van der Waals surface area contributed by atoms with Gasteiger partial charge in [-0.1, -0.05) is 174 Å². The highest BCUT2D eigenvalue weighted by molar-refractivity contribution is 8.48. The van der Waals surface area contributed by atoms with E-state index in [-0.39, 0.29) is 5.41 Å². The lowest BCUT2D eigenvalue weighted by molar-refractivity contribution is 0.0708. The molecule has 0 aromatic carbocycles. The molecule has 0 aliphatic heterocycles. The summed E-state index contributed by atoms with van der Waals surface area (Å²) in [4.78, 5) is 0. The number of hydrogen-bond acceptors (Lipinski definition) is 1. The Labute approximate surface area is 362 Å². The van der Waals surface area contributed by atoms with Gasteiger partial charge in [-0.15, -0.1) is 6.58 Å². The Balaban J connectivity index is -0.000000507. The number of unbranched alkanes of at least 4 members (excludes halogenated alkanes) is 4. The summed E-state index contributed by atoms with van der Waals surface area (Å²) >= 11 is 0. The van der Waals surface area contributed by atoms with E-state index in [0.29, 0.717) is 27.0 Å². The second-order valence-corrected chi connectivity index (χ2v) is 31.0. The number of hydrogen-bond donors (Lipinski definition) is 1. The van der Waals surface area contributed by atoms with Gasteiger partial charge in [-0.2, -0.15) is 0 Å². The first-order valence-corrected chi connectivity index (χ1v) is 28.5. The average Bonchev–Trinajstić information content (AvgIpc) is 3.04. The third-order valence-corrected chi connectivity index (χ3v) is 21.2. The monoisotopic (exact) mass is 826 g/mol. The molecule has 2 unspecified atom stereocenters. The van der Waals surface area contributed by atoms with E-state index >= 15 is 0 Å². The van der Waals surface area contributed by atoms with Gasteiger partial charge in [0.05, 0.1) is 0 Å². The van der Waals surface area contributed by atoms with E-state index in [1.807, 2.05) is 48.5 Å². The summed E-state index contributed by atoms with van der Waals surface area (Å²) in [7, 11) is -1.02. The molecule has 56 heavy (non-hydrogen) atoms. The lowest BCUT2D eigenvalue weighted by Gasteiger charge is -2.52. The van der Waals surface area contributed by atoms with Gasteiger partial charge in [0.2, 0.25) is 0 Å². The van der Waals surface area contributed by atoms with Gasteiger partial charge >= 0.3 is 0 Å². The summed E-state index contributed by atoms with van der Waals surface area (Å²) in [6.07, 6.45) is 28.8. The summed E-state index contributed by atoms with van der Waals surface area (Å²) in [5, 5.41) is 5.34. The maximum Gasteiger partial charge on any atom is 0.0268 e. The average molecular weight is 827 g/mol. The lowest BCUT2D eigenvalue weighted by atomic mass is 9.61. The first-order chi connectivity index (χ1) is 25.3. The first kappa shape index (κ1) is 62.1. The molecule has 0 amide bonds. The molecule has 3 heteroatoms. The molecule has 2 atom stereocenters. The topological polar surface area (TPSA) is 12.0 Å². The highest BCUT2D eigenvalue weighted by atomic mass is 32.3. The summed E-state index contributed by atoms with van der Waals surface area (Å²) in [5.41, 5.74) is 6.28. The minimum absolute atomic E-state index is 0.194. The van der Waals surface area contributed by atoms with Crippen molar-refractivity contribution >= 4 is 20.1 Å². The van der Waals surface area contributed by atoms with Crippen LogP contribution in [0.1, 0.15) is 221 Å². The van der Waals surface area contributed by atoms with Crippen LogP contribution in [-0.2, 0) is 0 Å². The van der Waals surface area contributed by atoms with E-state index in [2.05, 4.69) is 140 Å². The number of nitrogens with one attached hydrogen (secondary N) is 1.